The highest BCUT2D eigenvalue weighted by Crippen LogP contribution is 2.49. The molecule has 0 saturated carbocycles. The van der Waals surface area contributed by atoms with E-state index in [2.05, 4.69) is 98.8 Å². The van der Waals surface area contributed by atoms with Gasteiger partial charge in [0.15, 0.2) is 0 Å². The molecule has 0 saturated heterocycles. The highest BCUT2D eigenvalue weighted by Gasteiger charge is 2.37. The molecule has 6 heteroatoms. The molecule has 1 aliphatic rings. The topological polar surface area (TPSA) is 24.3 Å². The third-order valence-corrected chi connectivity index (χ3v) is 11.7. The number of alkyl halides is 2. The average molecular weight is 767 g/mol. The number of anilines is 4. The van der Waals surface area contributed by atoms with Gasteiger partial charge in [-0.05, 0) is 112 Å². The standard InChI is InChI=1S/C52H48F2N4/c1-33(2)36-28-44(34(3)4)51(45(29-36)35(5)6)37-26-39(30-41(27-37)57-32-56(40-16-8-7-9-17-40)47-20-12-13-21-48(47)57)52(53,54)38-23-24-43-42-18-10-11-19-46(42)58(49(43)31-38)50-22-14-15-25-55-50/h7-31,33-35H,32H2,1-6H3. The summed E-state index contributed by atoms with van der Waals surface area (Å²) in [6, 6.07) is 47.6. The molecule has 290 valence electrons. The van der Waals surface area contributed by atoms with Crippen molar-refractivity contribution in [1.29, 1.82) is 0 Å². The van der Waals surface area contributed by atoms with Crippen LogP contribution in [0.4, 0.5) is 31.5 Å². The Kier molecular flexibility index (Phi) is 9.39. The number of para-hydroxylation sites is 4. The summed E-state index contributed by atoms with van der Waals surface area (Å²) in [6.07, 6.45) is 1.74. The van der Waals surface area contributed by atoms with Gasteiger partial charge in [0.05, 0.1) is 22.4 Å². The number of halogens is 2. The number of nitrogens with zero attached hydrogens (tertiary/aromatic N) is 4. The first-order valence-electron chi connectivity index (χ1n) is 20.4. The maximum absolute atomic E-state index is 17.8. The van der Waals surface area contributed by atoms with E-state index < -0.39 is 5.92 Å². The van der Waals surface area contributed by atoms with Crippen LogP contribution in [0.25, 0.3) is 38.8 Å². The van der Waals surface area contributed by atoms with Gasteiger partial charge in [-0.1, -0.05) is 120 Å². The van der Waals surface area contributed by atoms with Crippen molar-refractivity contribution in [1.82, 2.24) is 9.55 Å². The quantitative estimate of drug-likeness (QED) is 0.146. The molecule has 0 N–H and O–H groups in total. The normalized spacial score (nSPS) is 13.2. The van der Waals surface area contributed by atoms with Gasteiger partial charge in [0, 0.05) is 39.5 Å². The van der Waals surface area contributed by atoms with Crippen LogP contribution in [-0.4, -0.2) is 16.2 Å². The summed E-state index contributed by atoms with van der Waals surface area (Å²) in [5, 5.41) is 1.89. The number of benzene rings is 6. The minimum atomic E-state index is -3.35. The van der Waals surface area contributed by atoms with E-state index in [-0.39, 0.29) is 23.0 Å². The molecule has 2 aromatic heterocycles. The van der Waals surface area contributed by atoms with Gasteiger partial charge < -0.3 is 9.80 Å². The molecular weight excluding hydrogens is 719 g/mol. The van der Waals surface area contributed by atoms with E-state index >= 15 is 8.78 Å². The number of rotatable bonds is 9. The number of pyridine rings is 1. The second-order valence-electron chi connectivity index (χ2n) is 16.5. The summed E-state index contributed by atoms with van der Waals surface area (Å²) in [5.74, 6) is -1.98. The van der Waals surface area contributed by atoms with E-state index in [0.717, 1.165) is 50.2 Å². The van der Waals surface area contributed by atoms with Gasteiger partial charge in [0.2, 0.25) is 0 Å². The van der Waals surface area contributed by atoms with Crippen molar-refractivity contribution in [3.8, 4) is 16.9 Å². The minimum absolute atomic E-state index is 0.0483. The van der Waals surface area contributed by atoms with E-state index in [0.29, 0.717) is 23.9 Å². The van der Waals surface area contributed by atoms with E-state index in [4.69, 9.17) is 0 Å². The molecule has 1 aliphatic heterocycles. The van der Waals surface area contributed by atoms with Gasteiger partial charge in [0.1, 0.15) is 12.5 Å². The van der Waals surface area contributed by atoms with Gasteiger partial charge in [-0.2, -0.15) is 8.78 Å². The van der Waals surface area contributed by atoms with E-state index in [1.165, 1.54) is 16.7 Å². The number of hydrogen-bond acceptors (Lipinski definition) is 3. The Balaban J connectivity index is 1.28. The Morgan fingerprint density at radius 3 is 1.81 bits per heavy atom. The van der Waals surface area contributed by atoms with Gasteiger partial charge in [-0.25, -0.2) is 4.98 Å². The van der Waals surface area contributed by atoms with Gasteiger partial charge >= 0.3 is 0 Å². The lowest BCUT2D eigenvalue weighted by Gasteiger charge is -2.28. The van der Waals surface area contributed by atoms with Crippen LogP contribution in [0.2, 0.25) is 0 Å². The van der Waals surface area contributed by atoms with E-state index in [1.807, 2.05) is 83.4 Å². The van der Waals surface area contributed by atoms with Crippen LogP contribution in [0.5, 0.6) is 0 Å². The zero-order valence-electron chi connectivity index (χ0n) is 33.9. The number of hydrogen-bond donors (Lipinski definition) is 0. The molecule has 58 heavy (non-hydrogen) atoms. The Hall–Kier alpha value is -6.27. The molecule has 9 rings (SSSR count). The molecular formula is C52H48F2N4. The fraction of sp³-hybridized carbons (Fsp3) is 0.212. The molecule has 0 amide bonds. The van der Waals surface area contributed by atoms with Crippen LogP contribution >= 0.6 is 0 Å². The molecule has 3 heterocycles. The average Bonchev–Trinajstić information content (AvgIpc) is 3.80. The largest absolute Gasteiger partial charge is 0.321 e. The first kappa shape index (κ1) is 37.3. The van der Waals surface area contributed by atoms with Crippen molar-refractivity contribution in [3.05, 3.63) is 180 Å². The van der Waals surface area contributed by atoms with E-state index in [9.17, 15) is 0 Å². The summed E-state index contributed by atoms with van der Waals surface area (Å²) in [5.41, 5.74) is 10.7. The van der Waals surface area contributed by atoms with Crippen LogP contribution in [0, 0.1) is 0 Å². The lowest BCUT2D eigenvalue weighted by Crippen LogP contribution is -2.24. The summed E-state index contributed by atoms with van der Waals surface area (Å²) in [6.45, 7) is 13.7. The third-order valence-electron chi connectivity index (χ3n) is 11.7. The molecule has 0 spiro atoms. The Labute approximate surface area is 340 Å². The predicted octanol–water partition coefficient (Wildman–Crippen LogP) is 14.6. The van der Waals surface area contributed by atoms with Crippen molar-refractivity contribution >= 4 is 44.6 Å². The maximum atomic E-state index is 17.8. The van der Waals surface area contributed by atoms with Crippen LogP contribution in [0.1, 0.15) is 87.1 Å². The highest BCUT2D eigenvalue weighted by atomic mass is 19.3. The molecule has 0 bridgehead atoms. The number of fused-ring (bicyclic) bond motifs is 4. The summed E-state index contributed by atoms with van der Waals surface area (Å²) >= 11 is 0. The lowest BCUT2D eigenvalue weighted by molar-refractivity contribution is 0.0430. The SMILES string of the molecule is CC(C)c1cc(C(C)C)c(-c2cc(N3CN(c4ccccc4)c4ccccc43)cc(C(F)(F)c3ccc4c5ccccc5n(-c5ccccn5)c4c3)c2)c(C(C)C)c1. The van der Waals surface area contributed by atoms with Crippen LogP contribution < -0.4 is 9.80 Å². The van der Waals surface area contributed by atoms with Crippen molar-refractivity contribution in [2.24, 2.45) is 0 Å². The Morgan fingerprint density at radius 1 is 0.534 bits per heavy atom. The summed E-state index contributed by atoms with van der Waals surface area (Å²) in [7, 11) is 0. The molecule has 0 atom stereocenters. The van der Waals surface area contributed by atoms with E-state index in [1.54, 1.807) is 30.5 Å². The molecule has 6 aromatic carbocycles. The van der Waals surface area contributed by atoms with Crippen molar-refractivity contribution in [3.63, 3.8) is 0 Å². The zero-order chi connectivity index (χ0) is 40.3. The molecule has 0 radical (unpaired) electrons. The fourth-order valence-corrected chi connectivity index (χ4v) is 8.71. The monoisotopic (exact) mass is 766 g/mol. The minimum Gasteiger partial charge on any atom is -0.321 e. The lowest BCUT2D eigenvalue weighted by atomic mass is 9.81. The number of aromatic nitrogens is 2. The van der Waals surface area contributed by atoms with Crippen LogP contribution in [0.3, 0.4) is 0 Å². The molecule has 0 unspecified atom stereocenters. The van der Waals surface area contributed by atoms with Crippen molar-refractivity contribution in [2.75, 3.05) is 16.5 Å². The first-order valence-corrected chi connectivity index (χ1v) is 20.4. The predicted molar refractivity (Wildman–Crippen MR) is 238 cm³/mol. The molecule has 0 aliphatic carbocycles. The second-order valence-corrected chi connectivity index (χ2v) is 16.5. The maximum Gasteiger partial charge on any atom is 0.298 e. The van der Waals surface area contributed by atoms with Crippen LogP contribution in [-0.2, 0) is 5.92 Å². The van der Waals surface area contributed by atoms with Crippen molar-refractivity contribution in [2.45, 2.75) is 65.2 Å². The highest BCUT2D eigenvalue weighted by molar-refractivity contribution is 6.09. The van der Waals surface area contributed by atoms with Crippen molar-refractivity contribution < 1.29 is 8.78 Å². The fourth-order valence-electron chi connectivity index (χ4n) is 8.71. The molecule has 0 fully saturated rings. The summed E-state index contributed by atoms with van der Waals surface area (Å²) < 4.78 is 37.7. The summed E-state index contributed by atoms with van der Waals surface area (Å²) in [4.78, 5) is 9.08. The Morgan fingerprint density at radius 2 is 1.16 bits per heavy atom. The van der Waals surface area contributed by atoms with Gasteiger partial charge in [-0.3, -0.25) is 4.57 Å². The zero-order valence-corrected chi connectivity index (χ0v) is 33.9. The smallest absolute Gasteiger partial charge is 0.298 e. The van der Waals surface area contributed by atoms with Gasteiger partial charge in [-0.15, -0.1) is 0 Å². The third kappa shape index (κ3) is 6.32. The van der Waals surface area contributed by atoms with Crippen LogP contribution in [0.15, 0.2) is 152 Å². The Bertz CT molecular complexity index is 2760. The first-order chi connectivity index (χ1) is 28.0. The molecule has 4 nitrogen and oxygen atoms in total. The molecule has 8 aromatic rings. The van der Waals surface area contributed by atoms with Gasteiger partial charge in [0.25, 0.3) is 5.92 Å². The second kappa shape index (κ2) is 14.6.